The Morgan fingerprint density at radius 2 is 1.93 bits per heavy atom. The summed E-state index contributed by atoms with van der Waals surface area (Å²) in [6, 6.07) is 4.99. The van der Waals surface area contributed by atoms with Crippen LogP contribution in [0.5, 0.6) is 0 Å². The number of carboxylic acids is 1. The Labute approximate surface area is 156 Å². The van der Waals surface area contributed by atoms with Gasteiger partial charge >= 0.3 is 5.97 Å². The molecule has 1 amide bonds. The number of hydrogen-bond donors (Lipinski definition) is 1. The minimum atomic E-state index is -1.67. The number of likely N-dealkylation sites (tertiary alicyclic amines) is 1. The molecule has 3 rings (SSSR count). The molecule has 1 fully saturated rings. The van der Waals surface area contributed by atoms with Crippen LogP contribution in [0, 0.1) is 0 Å². The van der Waals surface area contributed by atoms with Crippen LogP contribution in [0.2, 0.25) is 0 Å². The van der Waals surface area contributed by atoms with Gasteiger partial charge < -0.3 is 19.5 Å². The molecule has 2 aromatic rings. The zero-order chi connectivity index (χ0) is 19.9. The standard InChI is InChI=1S/C19H22FN3O4/c1-11(24)13-8-22(14-7-5-4-6-12(13)14)10-16(25)23-9-15(21(2)3)17(20)18(23)19(26)27/h4-8,15,17-18H,9-10H2,1-3H3,(H,26,27)/t15-,17+,18+/m1/s1. The molecule has 0 spiro atoms. The molecule has 1 aliphatic rings. The zero-order valence-corrected chi connectivity index (χ0v) is 15.4. The first-order valence-electron chi connectivity index (χ1n) is 8.64. The molecule has 1 aromatic carbocycles. The number of para-hydroxylation sites is 1. The second-order valence-corrected chi connectivity index (χ2v) is 7.05. The summed E-state index contributed by atoms with van der Waals surface area (Å²) >= 11 is 0. The average Bonchev–Trinajstić information content (AvgIpc) is 3.13. The smallest absolute Gasteiger partial charge is 0.329 e. The summed E-state index contributed by atoms with van der Waals surface area (Å²) < 4.78 is 16.2. The minimum absolute atomic E-state index is 0.00271. The second kappa shape index (κ2) is 7.11. The average molecular weight is 375 g/mol. The first-order chi connectivity index (χ1) is 12.7. The lowest BCUT2D eigenvalue weighted by Gasteiger charge is -2.22. The summed E-state index contributed by atoms with van der Waals surface area (Å²) in [4.78, 5) is 38.9. The minimum Gasteiger partial charge on any atom is -0.480 e. The number of nitrogens with zero attached hydrogens (tertiary/aromatic N) is 3. The lowest BCUT2D eigenvalue weighted by molar-refractivity contribution is -0.150. The molecule has 0 bridgehead atoms. The van der Waals surface area contributed by atoms with Gasteiger partial charge in [0, 0.05) is 29.2 Å². The van der Waals surface area contributed by atoms with E-state index in [0.29, 0.717) is 11.1 Å². The van der Waals surface area contributed by atoms with Crippen molar-refractivity contribution in [3.8, 4) is 0 Å². The van der Waals surface area contributed by atoms with Crippen molar-refractivity contribution in [3.63, 3.8) is 0 Å². The molecule has 1 aliphatic heterocycles. The summed E-state index contributed by atoms with van der Waals surface area (Å²) in [6.07, 6.45) is -0.0803. The maximum Gasteiger partial charge on any atom is 0.329 e. The Balaban J connectivity index is 1.92. The predicted octanol–water partition coefficient (Wildman–Crippen LogP) is 1.41. The number of carbonyl (C=O) groups is 3. The number of benzene rings is 1. The Morgan fingerprint density at radius 1 is 1.26 bits per heavy atom. The summed E-state index contributed by atoms with van der Waals surface area (Å²) in [5, 5.41) is 10.1. The van der Waals surface area contributed by atoms with E-state index in [0.717, 1.165) is 10.3 Å². The molecule has 0 aliphatic carbocycles. The van der Waals surface area contributed by atoms with E-state index in [1.807, 2.05) is 0 Å². The topological polar surface area (TPSA) is 82.9 Å². The highest BCUT2D eigenvalue weighted by Gasteiger charge is 2.49. The van der Waals surface area contributed by atoms with Gasteiger partial charge in [0.25, 0.3) is 0 Å². The molecule has 0 radical (unpaired) electrons. The number of amides is 1. The third-order valence-electron chi connectivity index (χ3n) is 5.10. The van der Waals surface area contributed by atoms with Gasteiger partial charge in [0.1, 0.15) is 12.7 Å². The van der Waals surface area contributed by atoms with Gasteiger partial charge in [0.05, 0.1) is 6.04 Å². The highest BCUT2D eigenvalue weighted by atomic mass is 19.1. The number of aliphatic carboxylic acids is 1. The molecule has 1 aromatic heterocycles. The Bertz CT molecular complexity index is 907. The number of aromatic nitrogens is 1. The molecule has 2 heterocycles. The largest absolute Gasteiger partial charge is 0.480 e. The van der Waals surface area contributed by atoms with Crippen molar-refractivity contribution in [2.75, 3.05) is 20.6 Å². The van der Waals surface area contributed by atoms with Gasteiger partial charge in [-0.2, -0.15) is 0 Å². The zero-order valence-electron chi connectivity index (χ0n) is 15.4. The molecule has 0 unspecified atom stereocenters. The number of halogens is 1. The number of carbonyl (C=O) groups excluding carboxylic acids is 2. The highest BCUT2D eigenvalue weighted by molar-refractivity contribution is 6.07. The molecule has 1 saturated heterocycles. The molecule has 0 saturated carbocycles. The summed E-state index contributed by atoms with van der Waals surface area (Å²) in [7, 11) is 3.31. The number of fused-ring (bicyclic) bond motifs is 1. The number of ketones is 1. The molecule has 3 atom stereocenters. The molecule has 144 valence electrons. The number of Topliss-reactive ketones (excluding diaryl/α,β-unsaturated/α-hetero) is 1. The van der Waals surface area contributed by atoms with E-state index < -0.39 is 30.1 Å². The van der Waals surface area contributed by atoms with Gasteiger partial charge in [0.2, 0.25) is 5.91 Å². The van der Waals surface area contributed by atoms with Crippen LogP contribution < -0.4 is 0 Å². The first kappa shape index (κ1) is 19.0. The van der Waals surface area contributed by atoms with Crippen molar-refractivity contribution in [1.82, 2.24) is 14.4 Å². The normalized spacial score (nSPS) is 22.6. The van der Waals surface area contributed by atoms with E-state index in [1.165, 1.54) is 6.92 Å². The van der Waals surface area contributed by atoms with Gasteiger partial charge in [-0.05, 0) is 27.1 Å². The van der Waals surface area contributed by atoms with Gasteiger partial charge in [-0.3, -0.25) is 9.59 Å². The molecule has 27 heavy (non-hydrogen) atoms. The van der Waals surface area contributed by atoms with Crippen LogP contribution in [0.1, 0.15) is 17.3 Å². The van der Waals surface area contributed by atoms with Gasteiger partial charge in [-0.25, -0.2) is 9.18 Å². The van der Waals surface area contributed by atoms with Crippen LogP contribution in [0.3, 0.4) is 0 Å². The second-order valence-electron chi connectivity index (χ2n) is 7.05. The van der Waals surface area contributed by atoms with Crippen LogP contribution in [-0.2, 0) is 16.1 Å². The quantitative estimate of drug-likeness (QED) is 0.799. The summed E-state index contributed by atoms with van der Waals surface area (Å²) in [5.74, 6) is -1.98. The fourth-order valence-electron chi connectivity index (χ4n) is 3.67. The van der Waals surface area contributed by atoms with E-state index in [9.17, 15) is 23.9 Å². The maximum absolute atomic E-state index is 14.6. The number of carboxylic acid groups (broad SMARTS) is 1. The number of hydrogen-bond acceptors (Lipinski definition) is 4. The Morgan fingerprint density at radius 3 is 2.52 bits per heavy atom. The molecule has 7 nitrogen and oxygen atoms in total. The third-order valence-corrected chi connectivity index (χ3v) is 5.10. The van der Waals surface area contributed by atoms with E-state index in [1.54, 1.807) is 54.0 Å². The lowest BCUT2D eigenvalue weighted by Crippen LogP contribution is -2.45. The Kier molecular flexibility index (Phi) is 5.01. The highest BCUT2D eigenvalue weighted by Crippen LogP contribution is 2.27. The van der Waals surface area contributed by atoms with E-state index >= 15 is 0 Å². The van der Waals surface area contributed by atoms with E-state index in [2.05, 4.69) is 0 Å². The monoisotopic (exact) mass is 375 g/mol. The Hall–Kier alpha value is -2.74. The van der Waals surface area contributed by atoms with Crippen LogP contribution >= 0.6 is 0 Å². The third kappa shape index (κ3) is 3.32. The van der Waals surface area contributed by atoms with Crippen molar-refractivity contribution >= 4 is 28.6 Å². The summed E-state index contributed by atoms with van der Waals surface area (Å²) in [6.45, 7) is 1.29. The van der Waals surface area contributed by atoms with Crippen molar-refractivity contribution < 1.29 is 23.9 Å². The van der Waals surface area contributed by atoms with Gasteiger partial charge in [-0.1, -0.05) is 18.2 Å². The molecule has 8 heteroatoms. The fourth-order valence-corrected chi connectivity index (χ4v) is 3.67. The molecular weight excluding hydrogens is 353 g/mol. The molecular formula is C19H22FN3O4. The van der Waals surface area contributed by atoms with Gasteiger partial charge in [0.15, 0.2) is 11.8 Å². The number of alkyl halides is 1. The maximum atomic E-state index is 14.6. The molecule has 1 N–H and O–H groups in total. The van der Waals surface area contributed by atoms with Crippen molar-refractivity contribution in [1.29, 1.82) is 0 Å². The SMILES string of the molecule is CC(=O)c1cn(CC(=O)N2C[C@@H](N(C)C)[C@H](F)[C@H]2C(=O)O)c2ccccc12. The van der Waals surface area contributed by atoms with Gasteiger partial charge in [-0.15, -0.1) is 0 Å². The fraction of sp³-hybridized carbons (Fsp3) is 0.421. The lowest BCUT2D eigenvalue weighted by atomic mass is 10.1. The number of likely N-dealkylation sites (N-methyl/N-ethyl adjacent to an activating group) is 1. The predicted molar refractivity (Wildman–Crippen MR) is 97.5 cm³/mol. The van der Waals surface area contributed by atoms with E-state index in [4.69, 9.17) is 0 Å². The van der Waals surface area contributed by atoms with E-state index in [-0.39, 0.29) is 18.9 Å². The van der Waals surface area contributed by atoms with Crippen molar-refractivity contribution in [2.45, 2.75) is 31.7 Å². The van der Waals surface area contributed by atoms with Crippen molar-refractivity contribution in [2.24, 2.45) is 0 Å². The van der Waals surface area contributed by atoms with Crippen molar-refractivity contribution in [3.05, 3.63) is 36.0 Å². The number of rotatable bonds is 5. The van der Waals surface area contributed by atoms with Crippen LogP contribution in [0.4, 0.5) is 4.39 Å². The summed E-state index contributed by atoms with van der Waals surface area (Å²) in [5.41, 5.74) is 1.19. The van der Waals surface area contributed by atoms with Crippen LogP contribution in [0.15, 0.2) is 30.5 Å². The first-order valence-corrected chi connectivity index (χ1v) is 8.64. The van der Waals surface area contributed by atoms with Crippen LogP contribution in [-0.4, -0.2) is 76.0 Å². The van der Waals surface area contributed by atoms with Crippen LogP contribution in [0.25, 0.3) is 10.9 Å².